The normalized spacial score (nSPS) is 11.4. The van der Waals surface area contributed by atoms with Gasteiger partial charge in [0.25, 0.3) is 0 Å². The number of amides is 1. The maximum atomic E-state index is 12.3. The second-order valence-corrected chi connectivity index (χ2v) is 5.64. The summed E-state index contributed by atoms with van der Waals surface area (Å²) in [6, 6.07) is 7.31. The molecule has 27 heavy (non-hydrogen) atoms. The first-order valence-corrected chi connectivity index (χ1v) is 7.80. The van der Waals surface area contributed by atoms with Crippen molar-refractivity contribution in [3.63, 3.8) is 0 Å². The molecule has 0 saturated carbocycles. The molecule has 10 heteroatoms. The summed E-state index contributed by atoms with van der Waals surface area (Å²) >= 11 is 0. The maximum absolute atomic E-state index is 12.3. The van der Waals surface area contributed by atoms with Crippen molar-refractivity contribution in [1.29, 1.82) is 0 Å². The zero-order chi connectivity index (χ0) is 19.4. The van der Waals surface area contributed by atoms with E-state index in [0.717, 1.165) is 0 Å². The molecule has 140 valence electrons. The number of nitrogens with zero attached hydrogens (tertiary/aromatic N) is 4. The Morgan fingerprint density at radius 1 is 1.22 bits per heavy atom. The van der Waals surface area contributed by atoms with Gasteiger partial charge in [-0.25, -0.2) is 0 Å². The Balaban J connectivity index is 1.67. The SMILES string of the molecule is NC(=O)c1cncc(-c2cn(CCc3cccc(OC(F)(F)F)c3)nn2)c1. The minimum absolute atomic E-state index is 0.253. The lowest BCUT2D eigenvalue weighted by Crippen LogP contribution is -2.17. The highest BCUT2D eigenvalue weighted by Crippen LogP contribution is 2.23. The molecule has 7 nitrogen and oxygen atoms in total. The van der Waals surface area contributed by atoms with Gasteiger partial charge >= 0.3 is 6.36 Å². The van der Waals surface area contributed by atoms with Crippen molar-refractivity contribution in [2.45, 2.75) is 19.3 Å². The molecule has 1 aromatic carbocycles. The largest absolute Gasteiger partial charge is 0.573 e. The lowest BCUT2D eigenvalue weighted by Gasteiger charge is -2.10. The molecule has 2 N–H and O–H groups in total. The molecule has 0 spiro atoms. The molecule has 2 heterocycles. The first-order chi connectivity index (χ1) is 12.8. The van der Waals surface area contributed by atoms with Gasteiger partial charge in [-0.1, -0.05) is 17.3 Å². The van der Waals surface area contributed by atoms with E-state index in [9.17, 15) is 18.0 Å². The van der Waals surface area contributed by atoms with Gasteiger partial charge in [0.1, 0.15) is 11.4 Å². The average molecular weight is 377 g/mol. The number of nitrogens with two attached hydrogens (primary N) is 1. The van der Waals surface area contributed by atoms with Gasteiger partial charge in [-0.2, -0.15) is 0 Å². The van der Waals surface area contributed by atoms with Gasteiger partial charge in [0, 0.05) is 24.5 Å². The highest BCUT2D eigenvalue weighted by molar-refractivity contribution is 5.93. The number of ether oxygens (including phenoxy) is 1. The number of hydrogen-bond acceptors (Lipinski definition) is 5. The molecule has 0 bridgehead atoms. The molecular weight excluding hydrogens is 363 g/mol. The van der Waals surface area contributed by atoms with Gasteiger partial charge in [0.2, 0.25) is 5.91 Å². The molecule has 0 radical (unpaired) electrons. The lowest BCUT2D eigenvalue weighted by molar-refractivity contribution is -0.274. The third-order valence-electron chi connectivity index (χ3n) is 3.62. The van der Waals surface area contributed by atoms with E-state index in [1.807, 2.05) is 0 Å². The zero-order valence-electron chi connectivity index (χ0n) is 13.8. The van der Waals surface area contributed by atoms with Crippen LogP contribution in [0.1, 0.15) is 15.9 Å². The molecule has 0 aliphatic carbocycles. The van der Waals surface area contributed by atoms with Gasteiger partial charge in [-0.05, 0) is 30.2 Å². The number of alkyl halides is 3. The Morgan fingerprint density at radius 2 is 2.04 bits per heavy atom. The number of hydrogen-bond donors (Lipinski definition) is 1. The summed E-state index contributed by atoms with van der Waals surface area (Å²) < 4.78 is 42.3. The Labute approximate surface area is 151 Å². The maximum Gasteiger partial charge on any atom is 0.573 e. The van der Waals surface area contributed by atoms with Gasteiger partial charge < -0.3 is 10.5 Å². The fourth-order valence-corrected chi connectivity index (χ4v) is 2.40. The van der Waals surface area contributed by atoms with Gasteiger partial charge in [0.15, 0.2) is 0 Å². The minimum atomic E-state index is -4.73. The van der Waals surface area contributed by atoms with Crippen LogP contribution in [-0.2, 0) is 13.0 Å². The average Bonchev–Trinajstić information content (AvgIpc) is 3.08. The van der Waals surface area contributed by atoms with Crippen LogP contribution in [0.3, 0.4) is 0 Å². The van der Waals surface area contributed by atoms with Crippen LogP contribution in [0.25, 0.3) is 11.3 Å². The summed E-state index contributed by atoms with van der Waals surface area (Å²) in [5, 5.41) is 7.99. The van der Waals surface area contributed by atoms with Crippen LogP contribution in [0, 0.1) is 0 Å². The molecule has 0 aliphatic heterocycles. The Morgan fingerprint density at radius 3 is 2.78 bits per heavy atom. The summed E-state index contributed by atoms with van der Waals surface area (Å²) in [7, 11) is 0. The summed E-state index contributed by atoms with van der Waals surface area (Å²) in [5.74, 6) is -0.869. The summed E-state index contributed by atoms with van der Waals surface area (Å²) in [6.07, 6.45) is 0.229. The predicted octanol–water partition coefficient (Wildman–Crippen LogP) is 2.58. The Bertz CT molecular complexity index is 955. The van der Waals surface area contributed by atoms with Crippen LogP contribution in [-0.4, -0.2) is 32.2 Å². The van der Waals surface area contributed by atoms with Gasteiger partial charge in [0.05, 0.1) is 11.8 Å². The van der Waals surface area contributed by atoms with Crippen LogP contribution in [0.2, 0.25) is 0 Å². The van der Waals surface area contributed by atoms with E-state index in [4.69, 9.17) is 5.73 Å². The van der Waals surface area contributed by atoms with E-state index in [1.165, 1.54) is 30.6 Å². The van der Waals surface area contributed by atoms with Crippen molar-refractivity contribution in [1.82, 2.24) is 20.0 Å². The molecule has 3 aromatic rings. The number of benzene rings is 1. The molecular formula is C17H14F3N5O2. The van der Waals surface area contributed by atoms with E-state index >= 15 is 0 Å². The number of rotatable bonds is 6. The molecule has 0 unspecified atom stereocenters. The predicted molar refractivity (Wildman–Crippen MR) is 88.6 cm³/mol. The van der Waals surface area contributed by atoms with E-state index in [1.54, 1.807) is 23.0 Å². The smallest absolute Gasteiger partial charge is 0.406 e. The number of halogens is 3. The van der Waals surface area contributed by atoms with Crippen molar-refractivity contribution >= 4 is 5.91 Å². The topological polar surface area (TPSA) is 95.9 Å². The lowest BCUT2D eigenvalue weighted by atomic mass is 10.1. The first kappa shape index (κ1) is 18.4. The fourth-order valence-electron chi connectivity index (χ4n) is 2.40. The van der Waals surface area contributed by atoms with E-state index < -0.39 is 12.3 Å². The number of carbonyl (C=O) groups excluding carboxylic acids is 1. The van der Waals surface area contributed by atoms with Crippen molar-refractivity contribution in [3.8, 4) is 17.0 Å². The second-order valence-electron chi connectivity index (χ2n) is 5.64. The summed E-state index contributed by atoms with van der Waals surface area (Å²) in [4.78, 5) is 15.2. The van der Waals surface area contributed by atoms with Crippen LogP contribution >= 0.6 is 0 Å². The van der Waals surface area contributed by atoms with E-state index in [2.05, 4.69) is 20.0 Å². The Hall–Kier alpha value is -3.43. The third kappa shape index (κ3) is 5.03. The number of pyridine rings is 1. The summed E-state index contributed by atoms with van der Waals surface area (Å²) in [6.45, 7) is 0.394. The molecule has 0 aliphatic rings. The van der Waals surface area contributed by atoms with E-state index in [0.29, 0.717) is 29.8 Å². The molecule has 3 rings (SSSR count). The van der Waals surface area contributed by atoms with Crippen LogP contribution in [0.5, 0.6) is 5.75 Å². The first-order valence-electron chi connectivity index (χ1n) is 7.80. The molecule has 0 saturated heterocycles. The van der Waals surface area contributed by atoms with Crippen LogP contribution in [0.4, 0.5) is 13.2 Å². The Kier molecular flexibility index (Phi) is 5.06. The number of aryl methyl sites for hydroxylation is 2. The fraction of sp³-hybridized carbons (Fsp3) is 0.176. The van der Waals surface area contributed by atoms with E-state index in [-0.39, 0.29) is 11.3 Å². The monoisotopic (exact) mass is 377 g/mol. The number of carbonyl (C=O) groups is 1. The van der Waals surface area contributed by atoms with Crippen molar-refractivity contribution < 1.29 is 22.7 Å². The molecule has 0 fully saturated rings. The number of aromatic nitrogens is 4. The molecule has 2 aromatic heterocycles. The third-order valence-corrected chi connectivity index (χ3v) is 3.62. The summed E-state index contributed by atoms with van der Waals surface area (Å²) in [5.41, 5.74) is 7.22. The molecule has 1 amide bonds. The quantitative estimate of drug-likeness (QED) is 0.712. The standard InChI is InChI=1S/C17H14F3N5O2/c18-17(19,20)27-14-3-1-2-11(6-14)4-5-25-10-15(23-24-25)12-7-13(16(21)26)9-22-8-12/h1-3,6-10H,4-5H2,(H2,21,26). The zero-order valence-corrected chi connectivity index (χ0v) is 13.8. The highest BCUT2D eigenvalue weighted by atomic mass is 19.4. The van der Waals surface area contributed by atoms with Crippen LogP contribution < -0.4 is 10.5 Å². The van der Waals surface area contributed by atoms with Gasteiger partial charge in [-0.3, -0.25) is 14.5 Å². The van der Waals surface area contributed by atoms with Crippen molar-refractivity contribution in [2.24, 2.45) is 5.73 Å². The molecule has 0 atom stereocenters. The van der Waals surface area contributed by atoms with Crippen LogP contribution in [0.15, 0.2) is 48.9 Å². The van der Waals surface area contributed by atoms with Gasteiger partial charge in [-0.15, -0.1) is 18.3 Å². The van der Waals surface area contributed by atoms with Crippen molar-refractivity contribution in [2.75, 3.05) is 0 Å². The number of primary amides is 1. The minimum Gasteiger partial charge on any atom is -0.406 e. The highest BCUT2D eigenvalue weighted by Gasteiger charge is 2.31. The second kappa shape index (κ2) is 7.44. The van der Waals surface area contributed by atoms with Crippen molar-refractivity contribution in [3.05, 3.63) is 60.0 Å².